The number of nitrogens with zero attached hydrogens (tertiary/aromatic N) is 1. The van der Waals surface area contributed by atoms with Crippen LogP contribution in [0.3, 0.4) is 0 Å². The highest BCUT2D eigenvalue weighted by molar-refractivity contribution is 5.60. The number of hydrogen-bond donors (Lipinski definition) is 1. The molecule has 0 saturated heterocycles. The molecule has 0 radical (unpaired) electrons. The SMILES string of the molecule is CN1C(c2ccccc2)C=C(c2ccccc2)[NH+]1C. The average molecular weight is 251 g/mol. The molecule has 0 amide bonds. The van der Waals surface area contributed by atoms with Gasteiger partial charge in [-0.2, -0.15) is 0 Å². The fraction of sp³-hybridized carbons (Fsp3) is 0.176. The van der Waals surface area contributed by atoms with Crippen molar-refractivity contribution < 1.29 is 5.01 Å². The molecule has 2 nitrogen and oxygen atoms in total. The molecule has 1 N–H and O–H groups in total. The maximum absolute atomic E-state index is 2.36. The van der Waals surface area contributed by atoms with Crippen LogP contribution in [0.15, 0.2) is 66.7 Å². The lowest BCUT2D eigenvalue weighted by molar-refractivity contribution is -0.928. The van der Waals surface area contributed by atoms with Crippen molar-refractivity contribution in [2.45, 2.75) is 6.04 Å². The number of quaternary nitrogens is 1. The Morgan fingerprint density at radius 3 is 2.11 bits per heavy atom. The van der Waals surface area contributed by atoms with Crippen molar-refractivity contribution in [1.82, 2.24) is 5.01 Å². The van der Waals surface area contributed by atoms with Crippen molar-refractivity contribution in [1.29, 1.82) is 0 Å². The van der Waals surface area contributed by atoms with Crippen molar-refractivity contribution in [3.05, 3.63) is 77.9 Å². The van der Waals surface area contributed by atoms with Crippen LogP contribution in [-0.2, 0) is 0 Å². The first-order valence-electron chi connectivity index (χ1n) is 6.66. The molecule has 0 spiro atoms. The average Bonchev–Trinajstić information content (AvgIpc) is 2.77. The van der Waals surface area contributed by atoms with Gasteiger partial charge in [-0.25, -0.2) is 5.01 Å². The van der Waals surface area contributed by atoms with Gasteiger partial charge in [0.1, 0.15) is 6.04 Å². The Balaban J connectivity index is 1.99. The van der Waals surface area contributed by atoms with E-state index in [2.05, 4.69) is 85.8 Å². The topological polar surface area (TPSA) is 7.68 Å². The standard InChI is InChI=1S/C17H18N2/c1-18-16(14-9-5-3-6-10-14)13-17(19(18)2)15-11-7-4-8-12-15/h3-13,16H,1-2H3/p+1. The minimum absolute atomic E-state index is 0.344. The highest BCUT2D eigenvalue weighted by Crippen LogP contribution is 2.26. The van der Waals surface area contributed by atoms with Crippen molar-refractivity contribution in [2.75, 3.05) is 14.1 Å². The van der Waals surface area contributed by atoms with Crippen LogP contribution in [0.1, 0.15) is 17.2 Å². The highest BCUT2D eigenvalue weighted by atomic mass is 15.6. The summed E-state index contributed by atoms with van der Waals surface area (Å²) in [5.74, 6) is 0. The second-order valence-electron chi connectivity index (χ2n) is 5.00. The summed E-state index contributed by atoms with van der Waals surface area (Å²) in [4.78, 5) is 0. The van der Waals surface area contributed by atoms with E-state index in [0.29, 0.717) is 6.04 Å². The number of rotatable bonds is 2. The zero-order valence-electron chi connectivity index (χ0n) is 11.4. The minimum atomic E-state index is 0.344. The molecule has 1 aliphatic rings. The van der Waals surface area contributed by atoms with Crippen LogP contribution in [0.25, 0.3) is 5.70 Å². The van der Waals surface area contributed by atoms with E-state index in [0.717, 1.165) is 0 Å². The smallest absolute Gasteiger partial charge is 0.155 e. The number of benzene rings is 2. The van der Waals surface area contributed by atoms with Gasteiger partial charge in [0.2, 0.25) is 0 Å². The molecule has 96 valence electrons. The Hall–Kier alpha value is -1.90. The molecular weight excluding hydrogens is 232 g/mol. The van der Waals surface area contributed by atoms with Crippen molar-refractivity contribution in [3.8, 4) is 0 Å². The van der Waals surface area contributed by atoms with Crippen LogP contribution in [0.2, 0.25) is 0 Å². The molecular formula is C17H19N2+. The van der Waals surface area contributed by atoms with Crippen LogP contribution >= 0.6 is 0 Å². The van der Waals surface area contributed by atoms with Crippen LogP contribution in [0.4, 0.5) is 0 Å². The first-order chi connectivity index (χ1) is 9.27. The van der Waals surface area contributed by atoms with Crippen molar-refractivity contribution in [3.63, 3.8) is 0 Å². The predicted octanol–water partition coefficient (Wildman–Crippen LogP) is 2.14. The summed E-state index contributed by atoms with van der Waals surface area (Å²) in [6.45, 7) is 0. The monoisotopic (exact) mass is 251 g/mol. The van der Waals surface area contributed by atoms with Crippen LogP contribution in [-0.4, -0.2) is 19.1 Å². The third-order valence-corrected chi connectivity index (χ3v) is 3.89. The van der Waals surface area contributed by atoms with Crippen LogP contribution in [0.5, 0.6) is 0 Å². The van der Waals surface area contributed by atoms with Gasteiger partial charge < -0.3 is 0 Å². The van der Waals surface area contributed by atoms with E-state index >= 15 is 0 Å². The van der Waals surface area contributed by atoms with Gasteiger partial charge in [-0.15, -0.1) is 5.01 Å². The minimum Gasteiger partial charge on any atom is -0.224 e. The second kappa shape index (κ2) is 5.00. The number of likely N-dealkylation sites (N-methyl/N-ethyl adjacent to an activating group) is 1. The number of nitrogens with one attached hydrogen (secondary N) is 1. The van der Waals surface area contributed by atoms with E-state index in [1.165, 1.54) is 21.8 Å². The quantitative estimate of drug-likeness (QED) is 0.859. The third-order valence-electron chi connectivity index (χ3n) is 3.89. The van der Waals surface area contributed by atoms with Crippen molar-refractivity contribution >= 4 is 5.70 Å². The fourth-order valence-corrected chi connectivity index (χ4v) is 2.68. The maximum Gasteiger partial charge on any atom is 0.155 e. The molecule has 2 unspecified atom stereocenters. The van der Waals surface area contributed by atoms with Crippen molar-refractivity contribution in [2.24, 2.45) is 0 Å². The van der Waals surface area contributed by atoms with Crippen LogP contribution in [0, 0.1) is 0 Å². The largest absolute Gasteiger partial charge is 0.224 e. The van der Waals surface area contributed by atoms with E-state index in [1.54, 1.807) is 0 Å². The van der Waals surface area contributed by atoms with Gasteiger partial charge in [0, 0.05) is 18.7 Å². The van der Waals surface area contributed by atoms with Gasteiger partial charge in [0.25, 0.3) is 0 Å². The lowest BCUT2D eigenvalue weighted by atomic mass is 10.1. The Morgan fingerprint density at radius 2 is 1.47 bits per heavy atom. The van der Waals surface area contributed by atoms with E-state index in [1.807, 2.05) is 0 Å². The van der Waals surface area contributed by atoms with Gasteiger partial charge in [-0.1, -0.05) is 48.5 Å². The predicted molar refractivity (Wildman–Crippen MR) is 78.3 cm³/mol. The zero-order chi connectivity index (χ0) is 13.2. The molecule has 2 heteroatoms. The molecule has 0 saturated carbocycles. The summed E-state index contributed by atoms with van der Waals surface area (Å²) in [7, 11) is 4.36. The normalized spacial score (nSPS) is 23.4. The van der Waals surface area contributed by atoms with Gasteiger partial charge in [0.15, 0.2) is 5.70 Å². The van der Waals surface area contributed by atoms with E-state index in [-0.39, 0.29) is 0 Å². The van der Waals surface area contributed by atoms with E-state index < -0.39 is 0 Å². The molecule has 0 fully saturated rings. The molecule has 2 aromatic rings. The lowest BCUT2D eigenvalue weighted by Gasteiger charge is -2.23. The summed E-state index contributed by atoms with van der Waals surface area (Å²) >= 11 is 0. The van der Waals surface area contributed by atoms with Crippen LogP contribution < -0.4 is 5.01 Å². The van der Waals surface area contributed by atoms with Gasteiger partial charge in [-0.05, 0) is 17.7 Å². The Morgan fingerprint density at radius 1 is 0.895 bits per heavy atom. The third kappa shape index (κ3) is 2.21. The van der Waals surface area contributed by atoms with Gasteiger partial charge in [0.05, 0.1) is 7.05 Å². The Labute approximate surface area is 114 Å². The van der Waals surface area contributed by atoms with E-state index in [9.17, 15) is 0 Å². The molecule has 2 aromatic carbocycles. The molecule has 19 heavy (non-hydrogen) atoms. The van der Waals surface area contributed by atoms with Gasteiger partial charge in [-0.3, -0.25) is 0 Å². The lowest BCUT2D eigenvalue weighted by Crippen LogP contribution is -3.10. The fourth-order valence-electron chi connectivity index (χ4n) is 2.68. The molecule has 1 heterocycles. The number of hydrogen-bond acceptors (Lipinski definition) is 1. The van der Waals surface area contributed by atoms with Gasteiger partial charge >= 0.3 is 0 Å². The van der Waals surface area contributed by atoms with E-state index in [4.69, 9.17) is 0 Å². The molecule has 0 aliphatic carbocycles. The zero-order valence-corrected chi connectivity index (χ0v) is 11.4. The molecule has 0 aromatic heterocycles. The second-order valence-corrected chi connectivity index (χ2v) is 5.00. The summed E-state index contributed by atoms with van der Waals surface area (Å²) < 4.78 is 0. The molecule has 3 rings (SSSR count). The molecule has 1 aliphatic heterocycles. The molecule has 0 bridgehead atoms. The highest BCUT2D eigenvalue weighted by Gasteiger charge is 2.33. The Kier molecular flexibility index (Phi) is 3.20. The first-order valence-corrected chi connectivity index (χ1v) is 6.66. The summed E-state index contributed by atoms with van der Waals surface area (Å²) in [5, 5.41) is 3.68. The summed E-state index contributed by atoms with van der Waals surface area (Å²) in [5.41, 5.74) is 3.98. The molecule has 2 atom stereocenters. The summed E-state index contributed by atoms with van der Waals surface area (Å²) in [6.07, 6.45) is 2.36. The summed E-state index contributed by atoms with van der Waals surface area (Å²) in [6, 6.07) is 21.6. The maximum atomic E-state index is 2.36. The Bertz CT molecular complexity index is 575. The first kappa shape index (κ1) is 12.2.